The molecule has 0 saturated carbocycles. The van der Waals surface area contributed by atoms with Crippen LogP contribution in [0.15, 0.2) is 0 Å². The number of carboxylic acids is 1. The van der Waals surface area contributed by atoms with Gasteiger partial charge >= 0.3 is 12.0 Å². The van der Waals surface area contributed by atoms with Crippen LogP contribution in [0.2, 0.25) is 0 Å². The lowest BCUT2D eigenvalue weighted by molar-refractivity contribution is -0.142. The molecule has 4 N–H and O–H groups in total. The summed E-state index contributed by atoms with van der Waals surface area (Å²) in [5, 5.41) is 14.0. The Bertz CT molecular complexity index is 504. The number of ether oxygens (including phenoxy) is 1. The number of sulfonamides is 1. The molecule has 0 bridgehead atoms. The summed E-state index contributed by atoms with van der Waals surface area (Å²) in [6.45, 7) is 3.48. The molecule has 0 radical (unpaired) electrons. The molecule has 1 saturated heterocycles. The van der Waals surface area contributed by atoms with Crippen LogP contribution in [0.25, 0.3) is 0 Å². The fourth-order valence-corrected chi connectivity index (χ4v) is 3.07. The number of hydrogen-bond donors (Lipinski definition) is 4. The molecule has 1 rings (SSSR count). The Labute approximate surface area is 123 Å². The zero-order valence-electron chi connectivity index (χ0n) is 12.2. The first-order chi connectivity index (χ1) is 9.50. The molecule has 0 aromatic heterocycles. The molecule has 2 atom stereocenters. The van der Waals surface area contributed by atoms with E-state index in [1.54, 1.807) is 13.8 Å². The number of carbonyl (C=O) groups excluding carboxylic acids is 1. The number of carbonyl (C=O) groups is 2. The standard InChI is InChI=1S/C11H21N3O6S/c1-11(2,14-21(3,18)19)6-12-10(17)13-8-5-20-4-7(8)9(15)16/h7-8,14H,4-6H2,1-3H3,(H,15,16)(H2,12,13,17). The van der Waals surface area contributed by atoms with Gasteiger partial charge in [0.1, 0.15) is 5.92 Å². The first-order valence-corrected chi connectivity index (χ1v) is 8.23. The lowest BCUT2D eigenvalue weighted by atomic mass is 10.0. The molecule has 10 heteroatoms. The van der Waals surface area contributed by atoms with Crippen molar-refractivity contribution in [2.75, 3.05) is 26.0 Å². The van der Waals surface area contributed by atoms with Crippen molar-refractivity contribution in [1.29, 1.82) is 0 Å². The summed E-state index contributed by atoms with van der Waals surface area (Å²) in [4.78, 5) is 22.7. The molecule has 21 heavy (non-hydrogen) atoms. The van der Waals surface area contributed by atoms with Crippen LogP contribution in [-0.2, 0) is 19.6 Å². The van der Waals surface area contributed by atoms with Crippen molar-refractivity contribution >= 4 is 22.0 Å². The van der Waals surface area contributed by atoms with Gasteiger partial charge in [0.25, 0.3) is 0 Å². The zero-order valence-corrected chi connectivity index (χ0v) is 13.0. The number of nitrogens with one attached hydrogen (secondary N) is 3. The third kappa shape index (κ3) is 6.27. The first-order valence-electron chi connectivity index (χ1n) is 6.34. The van der Waals surface area contributed by atoms with E-state index in [0.29, 0.717) is 0 Å². The van der Waals surface area contributed by atoms with Crippen molar-refractivity contribution in [3.05, 3.63) is 0 Å². The van der Waals surface area contributed by atoms with Gasteiger partial charge in [0, 0.05) is 12.1 Å². The van der Waals surface area contributed by atoms with Crippen LogP contribution >= 0.6 is 0 Å². The van der Waals surface area contributed by atoms with Crippen molar-refractivity contribution in [1.82, 2.24) is 15.4 Å². The van der Waals surface area contributed by atoms with Crippen LogP contribution < -0.4 is 15.4 Å². The molecule has 2 unspecified atom stereocenters. The third-order valence-electron chi connectivity index (χ3n) is 2.87. The molecule has 1 heterocycles. The van der Waals surface area contributed by atoms with E-state index in [9.17, 15) is 18.0 Å². The van der Waals surface area contributed by atoms with Crippen molar-refractivity contribution in [3.8, 4) is 0 Å². The maximum atomic E-state index is 11.7. The average Bonchev–Trinajstić information content (AvgIpc) is 2.71. The van der Waals surface area contributed by atoms with Gasteiger partial charge in [-0.1, -0.05) is 0 Å². The summed E-state index contributed by atoms with van der Waals surface area (Å²) in [6.07, 6.45) is 1.03. The smallest absolute Gasteiger partial charge is 0.315 e. The predicted octanol–water partition coefficient (Wildman–Crippen LogP) is -1.29. The molecule has 0 aromatic rings. The van der Waals surface area contributed by atoms with Crippen LogP contribution in [0.5, 0.6) is 0 Å². The van der Waals surface area contributed by atoms with E-state index in [1.165, 1.54) is 0 Å². The Morgan fingerprint density at radius 3 is 2.48 bits per heavy atom. The summed E-state index contributed by atoms with van der Waals surface area (Å²) < 4.78 is 29.7. The largest absolute Gasteiger partial charge is 0.481 e. The molecule has 1 aliphatic heterocycles. The normalized spacial score (nSPS) is 22.8. The van der Waals surface area contributed by atoms with Gasteiger partial charge in [-0.25, -0.2) is 17.9 Å². The molecular formula is C11H21N3O6S. The predicted molar refractivity (Wildman–Crippen MR) is 74.3 cm³/mol. The quantitative estimate of drug-likeness (QED) is 0.481. The summed E-state index contributed by atoms with van der Waals surface area (Å²) in [5.74, 6) is -1.81. The Kier molecular flexibility index (Phi) is 5.54. The molecule has 1 fully saturated rings. The number of aliphatic carboxylic acids is 1. The highest BCUT2D eigenvalue weighted by atomic mass is 32.2. The summed E-state index contributed by atoms with van der Waals surface area (Å²) in [5.41, 5.74) is -0.858. The lowest BCUT2D eigenvalue weighted by Crippen LogP contribution is -2.54. The van der Waals surface area contributed by atoms with E-state index in [1.807, 2.05) is 0 Å². The highest BCUT2D eigenvalue weighted by Crippen LogP contribution is 2.13. The number of amides is 2. The Morgan fingerprint density at radius 2 is 1.95 bits per heavy atom. The van der Waals surface area contributed by atoms with Crippen molar-refractivity contribution in [2.45, 2.75) is 25.4 Å². The van der Waals surface area contributed by atoms with Gasteiger partial charge < -0.3 is 20.5 Å². The Morgan fingerprint density at radius 1 is 1.33 bits per heavy atom. The zero-order chi connectivity index (χ0) is 16.3. The van der Waals surface area contributed by atoms with Crippen LogP contribution in [0.1, 0.15) is 13.8 Å². The van der Waals surface area contributed by atoms with Crippen molar-refractivity contribution in [2.24, 2.45) is 5.92 Å². The Balaban J connectivity index is 2.46. The van der Waals surface area contributed by atoms with Crippen molar-refractivity contribution < 1.29 is 27.9 Å². The molecule has 0 spiro atoms. The van der Waals surface area contributed by atoms with Gasteiger partial charge in [-0.3, -0.25) is 4.79 Å². The topological polar surface area (TPSA) is 134 Å². The van der Waals surface area contributed by atoms with E-state index in [2.05, 4.69) is 15.4 Å². The lowest BCUT2D eigenvalue weighted by Gasteiger charge is -2.26. The average molecular weight is 323 g/mol. The molecule has 1 aliphatic rings. The minimum Gasteiger partial charge on any atom is -0.481 e. The van der Waals surface area contributed by atoms with E-state index >= 15 is 0 Å². The van der Waals surface area contributed by atoms with Gasteiger partial charge in [-0.05, 0) is 13.8 Å². The highest BCUT2D eigenvalue weighted by Gasteiger charge is 2.35. The van der Waals surface area contributed by atoms with E-state index in [0.717, 1.165) is 6.26 Å². The van der Waals surface area contributed by atoms with E-state index in [-0.39, 0.29) is 19.8 Å². The maximum absolute atomic E-state index is 11.7. The molecule has 2 amide bonds. The Hall–Kier alpha value is -1.39. The molecule has 9 nitrogen and oxygen atoms in total. The van der Waals surface area contributed by atoms with Crippen LogP contribution in [0.4, 0.5) is 4.79 Å². The second-order valence-electron chi connectivity index (χ2n) is 5.67. The van der Waals surface area contributed by atoms with Gasteiger partial charge in [0.15, 0.2) is 0 Å². The van der Waals surface area contributed by atoms with Crippen LogP contribution in [0.3, 0.4) is 0 Å². The number of rotatable bonds is 6. The highest BCUT2D eigenvalue weighted by molar-refractivity contribution is 7.88. The molecular weight excluding hydrogens is 302 g/mol. The summed E-state index contributed by atoms with van der Waals surface area (Å²) >= 11 is 0. The van der Waals surface area contributed by atoms with Crippen LogP contribution in [0, 0.1) is 5.92 Å². The molecule has 0 aromatic carbocycles. The van der Waals surface area contributed by atoms with Crippen LogP contribution in [-0.4, -0.2) is 63.1 Å². The first kappa shape index (κ1) is 17.7. The van der Waals surface area contributed by atoms with Gasteiger partial charge in [0.05, 0.1) is 25.5 Å². The van der Waals surface area contributed by atoms with E-state index < -0.39 is 39.5 Å². The molecule has 0 aliphatic carbocycles. The molecule has 122 valence electrons. The number of urea groups is 1. The number of carboxylic acid groups (broad SMARTS) is 1. The summed E-state index contributed by atoms with van der Waals surface area (Å²) in [6, 6.07) is -1.17. The fourth-order valence-electron chi connectivity index (χ4n) is 2.00. The second-order valence-corrected chi connectivity index (χ2v) is 7.42. The minimum atomic E-state index is -3.39. The van der Waals surface area contributed by atoms with Gasteiger partial charge in [0.2, 0.25) is 10.0 Å². The minimum absolute atomic E-state index is 0.0528. The summed E-state index contributed by atoms with van der Waals surface area (Å²) in [7, 11) is -3.39. The number of hydrogen-bond acceptors (Lipinski definition) is 5. The van der Waals surface area contributed by atoms with E-state index in [4.69, 9.17) is 9.84 Å². The monoisotopic (exact) mass is 323 g/mol. The third-order valence-corrected chi connectivity index (χ3v) is 3.79. The van der Waals surface area contributed by atoms with Gasteiger partial charge in [-0.15, -0.1) is 0 Å². The SMILES string of the molecule is CC(C)(CNC(=O)NC1COCC1C(=O)O)NS(C)(=O)=O. The second kappa shape index (κ2) is 6.58. The fraction of sp³-hybridized carbons (Fsp3) is 0.818. The van der Waals surface area contributed by atoms with Crippen molar-refractivity contribution in [3.63, 3.8) is 0 Å². The van der Waals surface area contributed by atoms with Gasteiger partial charge in [-0.2, -0.15) is 0 Å². The maximum Gasteiger partial charge on any atom is 0.315 e.